The summed E-state index contributed by atoms with van der Waals surface area (Å²) in [5, 5.41) is 0.446. The molecule has 0 radical (unpaired) electrons. The van der Waals surface area contributed by atoms with E-state index in [1.807, 2.05) is 11.8 Å². The van der Waals surface area contributed by atoms with E-state index in [-0.39, 0.29) is 12.0 Å². The van der Waals surface area contributed by atoms with Crippen LogP contribution >= 0.6 is 11.6 Å². The van der Waals surface area contributed by atoms with E-state index >= 15 is 0 Å². The molecule has 2 heterocycles. The van der Waals surface area contributed by atoms with Gasteiger partial charge < -0.3 is 9.64 Å². The Balaban J connectivity index is 2.15. The number of carbonyl (C=O) groups is 1. The van der Waals surface area contributed by atoms with Gasteiger partial charge in [-0.05, 0) is 31.4 Å². The highest BCUT2D eigenvalue weighted by atomic mass is 35.5. The van der Waals surface area contributed by atoms with Gasteiger partial charge in [0, 0.05) is 25.9 Å². The predicted molar refractivity (Wildman–Crippen MR) is 74.5 cm³/mol. The van der Waals surface area contributed by atoms with Crippen molar-refractivity contribution in [3.8, 4) is 0 Å². The molecule has 0 aliphatic carbocycles. The van der Waals surface area contributed by atoms with Crippen molar-refractivity contribution in [2.24, 2.45) is 0 Å². The number of aromatic nitrogens is 1. The van der Waals surface area contributed by atoms with E-state index in [4.69, 9.17) is 16.3 Å². The fourth-order valence-electron chi connectivity index (χ4n) is 2.18. The highest BCUT2D eigenvalue weighted by Crippen LogP contribution is 2.16. The van der Waals surface area contributed by atoms with Crippen LogP contribution in [0.1, 0.15) is 35.7 Å². The molecule has 0 bridgehead atoms. The molecule has 1 aliphatic heterocycles. The van der Waals surface area contributed by atoms with Crippen LogP contribution in [0, 0.1) is 6.92 Å². The molecule has 104 valence electrons. The van der Waals surface area contributed by atoms with Crippen molar-refractivity contribution in [2.75, 3.05) is 19.7 Å². The number of amides is 1. The van der Waals surface area contributed by atoms with Crippen molar-refractivity contribution >= 4 is 17.5 Å². The Labute approximate surface area is 118 Å². The lowest BCUT2D eigenvalue weighted by atomic mass is 10.2. The number of halogens is 1. The maximum atomic E-state index is 12.5. The van der Waals surface area contributed by atoms with E-state index in [1.165, 1.54) is 0 Å². The van der Waals surface area contributed by atoms with Gasteiger partial charge in [-0.15, -0.1) is 0 Å². The van der Waals surface area contributed by atoms with Crippen molar-refractivity contribution in [3.05, 3.63) is 28.5 Å². The van der Waals surface area contributed by atoms with Crippen LogP contribution in [0.5, 0.6) is 0 Å². The first-order chi connectivity index (χ1) is 9.11. The fraction of sp³-hybridized carbons (Fsp3) is 0.571. The summed E-state index contributed by atoms with van der Waals surface area (Å²) in [4.78, 5) is 18.4. The first-order valence-corrected chi connectivity index (χ1v) is 7.02. The molecule has 5 heteroatoms. The summed E-state index contributed by atoms with van der Waals surface area (Å²) in [7, 11) is 0. The Morgan fingerprint density at radius 2 is 2.42 bits per heavy atom. The summed E-state index contributed by atoms with van der Waals surface area (Å²) in [6.45, 7) is 6.04. The molecule has 1 aromatic rings. The summed E-state index contributed by atoms with van der Waals surface area (Å²) in [5.74, 6) is 0.0104. The quantitative estimate of drug-likeness (QED) is 0.783. The molecule has 19 heavy (non-hydrogen) atoms. The van der Waals surface area contributed by atoms with E-state index in [9.17, 15) is 4.79 Å². The molecule has 4 nitrogen and oxygen atoms in total. The summed E-state index contributed by atoms with van der Waals surface area (Å²) >= 11 is 5.89. The lowest BCUT2D eigenvalue weighted by Crippen LogP contribution is -2.36. The summed E-state index contributed by atoms with van der Waals surface area (Å²) in [6, 6.07) is 1.80. The third-order valence-corrected chi connectivity index (χ3v) is 3.75. The van der Waals surface area contributed by atoms with Crippen LogP contribution in [0.15, 0.2) is 12.3 Å². The first-order valence-electron chi connectivity index (χ1n) is 6.64. The van der Waals surface area contributed by atoms with Crippen molar-refractivity contribution < 1.29 is 9.53 Å². The average molecular weight is 283 g/mol. The number of nitrogens with zero attached hydrogens (tertiary/aromatic N) is 2. The number of hydrogen-bond acceptors (Lipinski definition) is 3. The molecule has 1 fully saturated rings. The Hall–Kier alpha value is -1.13. The van der Waals surface area contributed by atoms with E-state index in [0.29, 0.717) is 17.3 Å². The van der Waals surface area contributed by atoms with Gasteiger partial charge in [-0.25, -0.2) is 4.98 Å². The number of aryl methyl sites for hydroxylation is 1. The van der Waals surface area contributed by atoms with Crippen LogP contribution in [0.4, 0.5) is 0 Å². The van der Waals surface area contributed by atoms with Gasteiger partial charge in [0.15, 0.2) is 0 Å². The van der Waals surface area contributed by atoms with Crippen molar-refractivity contribution in [1.82, 2.24) is 9.88 Å². The third-order valence-electron chi connectivity index (χ3n) is 3.35. The number of rotatable bonds is 2. The largest absolute Gasteiger partial charge is 0.376 e. The number of hydrogen-bond donors (Lipinski definition) is 0. The van der Waals surface area contributed by atoms with Gasteiger partial charge in [0.2, 0.25) is 0 Å². The molecule has 1 saturated heterocycles. The van der Waals surface area contributed by atoms with E-state index in [2.05, 4.69) is 11.9 Å². The second-order valence-electron chi connectivity index (χ2n) is 4.84. The molecular formula is C14H19ClN2O2. The molecule has 0 spiro atoms. The molecule has 0 saturated carbocycles. The maximum Gasteiger partial charge on any atom is 0.255 e. The smallest absolute Gasteiger partial charge is 0.255 e. The van der Waals surface area contributed by atoms with Crippen LogP contribution in [0.2, 0.25) is 5.15 Å². The first kappa shape index (κ1) is 14.3. The highest BCUT2D eigenvalue weighted by molar-refractivity contribution is 6.30. The SMILES string of the molecule is CC[C@@H]1CN(C(=O)c2cnc(Cl)c(C)c2)CCCO1. The number of pyridine rings is 1. The zero-order chi connectivity index (χ0) is 13.8. The number of ether oxygens (including phenoxy) is 1. The van der Waals surface area contributed by atoms with Gasteiger partial charge in [-0.3, -0.25) is 4.79 Å². The lowest BCUT2D eigenvalue weighted by Gasteiger charge is -2.23. The van der Waals surface area contributed by atoms with E-state index in [1.54, 1.807) is 12.3 Å². The second-order valence-corrected chi connectivity index (χ2v) is 5.20. The van der Waals surface area contributed by atoms with Gasteiger partial charge in [0.05, 0.1) is 11.7 Å². The predicted octanol–water partition coefficient (Wildman–Crippen LogP) is 2.68. The Morgan fingerprint density at radius 3 is 3.11 bits per heavy atom. The topological polar surface area (TPSA) is 42.4 Å². The Morgan fingerprint density at radius 1 is 1.63 bits per heavy atom. The minimum atomic E-state index is 0.0104. The van der Waals surface area contributed by atoms with Crippen molar-refractivity contribution in [3.63, 3.8) is 0 Å². The summed E-state index contributed by atoms with van der Waals surface area (Å²) < 4.78 is 5.68. The molecule has 1 aromatic heterocycles. The van der Waals surface area contributed by atoms with Gasteiger partial charge in [-0.1, -0.05) is 18.5 Å². The van der Waals surface area contributed by atoms with E-state index < -0.39 is 0 Å². The average Bonchev–Trinajstić information content (AvgIpc) is 2.66. The molecule has 1 amide bonds. The summed E-state index contributed by atoms with van der Waals surface area (Å²) in [6.07, 6.45) is 3.47. The zero-order valence-corrected chi connectivity index (χ0v) is 12.1. The highest BCUT2D eigenvalue weighted by Gasteiger charge is 2.22. The molecule has 0 unspecified atom stereocenters. The van der Waals surface area contributed by atoms with Crippen LogP contribution < -0.4 is 0 Å². The molecule has 2 rings (SSSR count). The third kappa shape index (κ3) is 3.45. The molecular weight excluding hydrogens is 264 g/mol. The Bertz CT molecular complexity index is 465. The fourth-order valence-corrected chi connectivity index (χ4v) is 2.29. The maximum absolute atomic E-state index is 12.5. The van der Waals surface area contributed by atoms with E-state index in [0.717, 1.165) is 31.6 Å². The normalized spacial score (nSPS) is 20.2. The van der Waals surface area contributed by atoms with Crippen LogP contribution in [-0.2, 0) is 4.74 Å². The molecule has 1 aliphatic rings. The minimum Gasteiger partial charge on any atom is -0.376 e. The van der Waals surface area contributed by atoms with Crippen LogP contribution in [-0.4, -0.2) is 41.6 Å². The molecule has 1 atom stereocenters. The molecule has 0 N–H and O–H groups in total. The van der Waals surface area contributed by atoms with Gasteiger partial charge >= 0.3 is 0 Å². The van der Waals surface area contributed by atoms with Crippen LogP contribution in [0.25, 0.3) is 0 Å². The van der Waals surface area contributed by atoms with Crippen molar-refractivity contribution in [1.29, 1.82) is 0 Å². The van der Waals surface area contributed by atoms with Gasteiger partial charge in [-0.2, -0.15) is 0 Å². The van der Waals surface area contributed by atoms with Gasteiger partial charge in [0.25, 0.3) is 5.91 Å². The van der Waals surface area contributed by atoms with Gasteiger partial charge in [0.1, 0.15) is 5.15 Å². The second kappa shape index (κ2) is 6.35. The van der Waals surface area contributed by atoms with Crippen molar-refractivity contribution in [2.45, 2.75) is 32.8 Å². The zero-order valence-electron chi connectivity index (χ0n) is 11.4. The minimum absolute atomic E-state index is 0.0104. The monoisotopic (exact) mass is 282 g/mol. The Kier molecular flexibility index (Phi) is 4.77. The molecule has 0 aromatic carbocycles. The van der Waals surface area contributed by atoms with Crippen LogP contribution in [0.3, 0.4) is 0 Å². The number of carbonyl (C=O) groups excluding carboxylic acids is 1. The lowest BCUT2D eigenvalue weighted by molar-refractivity contribution is 0.0460. The summed E-state index contributed by atoms with van der Waals surface area (Å²) in [5.41, 5.74) is 1.42. The standard InChI is InChI=1S/C14H19ClN2O2/c1-3-12-9-17(5-4-6-19-12)14(18)11-7-10(2)13(15)16-8-11/h7-8,12H,3-6,9H2,1-2H3/t12-/m1/s1.